The summed E-state index contributed by atoms with van der Waals surface area (Å²) >= 11 is 0. The molecule has 1 fully saturated rings. The van der Waals surface area contributed by atoms with Crippen LogP contribution in [-0.2, 0) is 9.59 Å². The molecule has 2 amide bonds. The lowest BCUT2D eigenvalue weighted by Gasteiger charge is -2.20. The van der Waals surface area contributed by atoms with Crippen molar-refractivity contribution >= 4 is 11.8 Å². The molecule has 16 heavy (non-hydrogen) atoms. The maximum Gasteiger partial charge on any atom is 0.244 e. The molecule has 1 aliphatic rings. The number of nitrogens with one attached hydrogen (secondary N) is 1. The number of hydrogen-bond donors (Lipinski definition) is 2. The Morgan fingerprint density at radius 3 is 2.75 bits per heavy atom. The van der Waals surface area contributed by atoms with Crippen LogP contribution in [-0.4, -0.2) is 42.4 Å². The van der Waals surface area contributed by atoms with Crippen molar-refractivity contribution in [1.82, 2.24) is 10.2 Å². The molecule has 1 rings (SSSR count). The van der Waals surface area contributed by atoms with Crippen LogP contribution in [0.25, 0.3) is 0 Å². The van der Waals surface area contributed by atoms with E-state index >= 15 is 0 Å². The molecule has 1 heterocycles. The molecule has 0 saturated carbocycles. The molecule has 0 radical (unpaired) electrons. The smallest absolute Gasteiger partial charge is 0.244 e. The van der Waals surface area contributed by atoms with Gasteiger partial charge in [0, 0.05) is 13.6 Å². The minimum absolute atomic E-state index is 0.0234. The Morgan fingerprint density at radius 1 is 1.69 bits per heavy atom. The maximum absolute atomic E-state index is 11.7. The van der Waals surface area contributed by atoms with E-state index in [1.54, 1.807) is 11.9 Å². The molecule has 0 aromatic rings. The summed E-state index contributed by atoms with van der Waals surface area (Å²) in [6.07, 6.45) is 1.53. The number of amides is 2. The molecule has 2 unspecified atom stereocenters. The summed E-state index contributed by atoms with van der Waals surface area (Å²) in [4.78, 5) is 24.9. The van der Waals surface area contributed by atoms with Gasteiger partial charge in [0.05, 0.1) is 6.04 Å². The average Bonchev–Trinajstić information content (AvgIpc) is 2.58. The van der Waals surface area contributed by atoms with Crippen LogP contribution >= 0.6 is 0 Å². The molecule has 3 atom stereocenters. The normalized spacial score (nSPS) is 24.4. The molecular weight excluding hydrogens is 206 g/mol. The third-order valence-electron chi connectivity index (χ3n) is 3.30. The second kappa shape index (κ2) is 5.30. The second-order valence-electron chi connectivity index (χ2n) is 4.52. The highest BCUT2D eigenvalue weighted by atomic mass is 16.2. The van der Waals surface area contributed by atoms with Crippen LogP contribution in [0.4, 0.5) is 0 Å². The Balaban J connectivity index is 2.49. The third kappa shape index (κ3) is 2.72. The van der Waals surface area contributed by atoms with Crippen LogP contribution < -0.4 is 11.1 Å². The lowest BCUT2D eigenvalue weighted by molar-refractivity contribution is -0.132. The number of likely N-dealkylation sites (tertiary alicyclic amines) is 1. The molecule has 3 N–H and O–H groups in total. The van der Waals surface area contributed by atoms with Gasteiger partial charge in [0.15, 0.2) is 0 Å². The van der Waals surface area contributed by atoms with Gasteiger partial charge >= 0.3 is 0 Å². The van der Waals surface area contributed by atoms with E-state index < -0.39 is 6.04 Å². The van der Waals surface area contributed by atoms with Crippen molar-refractivity contribution in [3.8, 4) is 0 Å². The molecule has 1 saturated heterocycles. The molecule has 92 valence electrons. The lowest BCUT2D eigenvalue weighted by atomic mass is 9.99. The van der Waals surface area contributed by atoms with E-state index in [2.05, 4.69) is 5.32 Å². The summed E-state index contributed by atoms with van der Waals surface area (Å²) in [5.74, 6) is -0.109. The van der Waals surface area contributed by atoms with E-state index in [9.17, 15) is 9.59 Å². The fourth-order valence-electron chi connectivity index (χ4n) is 1.74. The van der Waals surface area contributed by atoms with E-state index in [0.29, 0.717) is 13.0 Å². The topological polar surface area (TPSA) is 75.4 Å². The van der Waals surface area contributed by atoms with Crippen molar-refractivity contribution in [2.75, 3.05) is 13.6 Å². The summed E-state index contributed by atoms with van der Waals surface area (Å²) < 4.78 is 0. The Morgan fingerprint density at radius 2 is 2.31 bits per heavy atom. The predicted molar refractivity (Wildman–Crippen MR) is 61.6 cm³/mol. The first-order chi connectivity index (χ1) is 7.47. The van der Waals surface area contributed by atoms with Crippen LogP contribution in [0.3, 0.4) is 0 Å². The number of nitrogens with two attached hydrogens (primary N) is 1. The van der Waals surface area contributed by atoms with E-state index in [0.717, 1.165) is 6.42 Å². The van der Waals surface area contributed by atoms with Crippen LogP contribution in [0, 0.1) is 5.92 Å². The first kappa shape index (κ1) is 13.0. The van der Waals surface area contributed by atoms with Gasteiger partial charge in [-0.3, -0.25) is 9.59 Å². The SMILES string of the molecule is CCC(C)[C@H](N)C(=O)NC1CCN(C)C1=O. The monoisotopic (exact) mass is 227 g/mol. The number of carbonyl (C=O) groups excluding carboxylic acids is 2. The van der Waals surface area contributed by atoms with Gasteiger partial charge < -0.3 is 16.0 Å². The molecule has 0 aromatic heterocycles. The van der Waals surface area contributed by atoms with Crippen LogP contribution in [0.15, 0.2) is 0 Å². The molecular formula is C11H21N3O2. The fraction of sp³-hybridized carbons (Fsp3) is 0.818. The quantitative estimate of drug-likeness (QED) is 0.693. The second-order valence-corrected chi connectivity index (χ2v) is 4.52. The highest BCUT2D eigenvalue weighted by Gasteiger charge is 2.32. The number of likely N-dealkylation sites (N-methyl/N-ethyl adjacent to an activating group) is 1. The Labute approximate surface area is 96.4 Å². The van der Waals surface area contributed by atoms with Crippen molar-refractivity contribution in [3.63, 3.8) is 0 Å². The molecule has 1 aliphatic heterocycles. The van der Waals surface area contributed by atoms with Gasteiger partial charge in [0.25, 0.3) is 0 Å². The van der Waals surface area contributed by atoms with E-state index in [1.165, 1.54) is 0 Å². The van der Waals surface area contributed by atoms with E-state index in [1.807, 2.05) is 13.8 Å². The molecule has 0 spiro atoms. The minimum atomic E-state index is -0.524. The summed E-state index contributed by atoms with van der Waals surface area (Å²) in [6.45, 7) is 4.63. The zero-order valence-corrected chi connectivity index (χ0v) is 10.2. The highest BCUT2D eigenvalue weighted by Crippen LogP contribution is 2.10. The minimum Gasteiger partial charge on any atom is -0.344 e. The zero-order chi connectivity index (χ0) is 12.3. The average molecular weight is 227 g/mol. The van der Waals surface area contributed by atoms with E-state index in [-0.39, 0.29) is 23.8 Å². The fourth-order valence-corrected chi connectivity index (χ4v) is 1.74. The van der Waals surface area contributed by atoms with Gasteiger partial charge in [-0.2, -0.15) is 0 Å². The van der Waals surface area contributed by atoms with Crippen molar-refractivity contribution in [1.29, 1.82) is 0 Å². The predicted octanol–water partition coefficient (Wildman–Crippen LogP) is -0.293. The van der Waals surface area contributed by atoms with Gasteiger partial charge in [-0.1, -0.05) is 20.3 Å². The largest absolute Gasteiger partial charge is 0.344 e. The van der Waals surface area contributed by atoms with Crippen molar-refractivity contribution < 1.29 is 9.59 Å². The van der Waals surface area contributed by atoms with Gasteiger partial charge in [0.2, 0.25) is 11.8 Å². The summed E-state index contributed by atoms with van der Waals surface area (Å²) in [5, 5.41) is 2.72. The molecule has 5 heteroatoms. The van der Waals surface area contributed by atoms with Crippen molar-refractivity contribution in [3.05, 3.63) is 0 Å². The van der Waals surface area contributed by atoms with Crippen LogP contribution in [0.1, 0.15) is 26.7 Å². The Hall–Kier alpha value is -1.10. The van der Waals surface area contributed by atoms with Crippen molar-refractivity contribution in [2.24, 2.45) is 11.7 Å². The van der Waals surface area contributed by atoms with Crippen molar-refractivity contribution in [2.45, 2.75) is 38.8 Å². The van der Waals surface area contributed by atoms with Gasteiger partial charge in [0.1, 0.15) is 6.04 Å². The van der Waals surface area contributed by atoms with Crippen LogP contribution in [0.5, 0.6) is 0 Å². The summed E-state index contributed by atoms with van der Waals surface area (Å²) in [7, 11) is 1.74. The molecule has 0 aliphatic carbocycles. The van der Waals surface area contributed by atoms with Gasteiger partial charge in [-0.25, -0.2) is 0 Å². The molecule has 5 nitrogen and oxygen atoms in total. The maximum atomic E-state index is 11.7. The number of rotatable bonds is 4. The Kier molecular flexibility index (Phi) is 4.29. The van der Waals surface area contributed by atoms with Gasteiger partial charge in [-0.15, -0.1) is 0 Å². The molecule has 0 aromatic carbocycles. The first-order valence-electron chi connectivity index (χ1n) is 5.78. The summed E-state index contributed by atoms with van der Waals surface area (Å²) in [6, 6.07) is -0.906. The van der Waals surface area contributed by atoms with Gasteiger partial charge in [-0.05, 0) is 12.3 Å². The zero-order valence-electron chi connectivity index (χ0n) is 10.2. The number of nitrogens with zero attached hydrogens (tertiary/aromatic N) is 1. The molecule has 0 bridgehead atoms. The summed E-state index contributed by atoms with van der Waals surface area (Å²) in [5.41, 5.74) is 5.79. The number of carbonyl (C=O) groups is 2. The lowest BCUT2D eigenvalue weighted by Crippen LogP contribution is -2.50. The van der Waals surface area contributed by atoms with Crippen LogP contribution in [0.2, 0.25) is 0 Å². The standard InChI is InChI=1S/C11H21N3O2/c1-4-7(2)9(12)10(15)13-8-5-6-14(3)11(8)16/h7-9H,4-6,12H2,1-3H3,(H,13,15)/t7?,8?,9-/m0/s1. The Bertz CT molecular complexity index is 280. The highest BCUT2D eigenvalue weighted by molar-refractivity contribution is 5.90. The van der Waals surface area contributed by atoms with E-state index in [4.69, 9.17) is 5.73 Å². The first-order valence-corrected chi connectivity index (χ1v) is 5.78. The third-order valence-corrected chi connectivity index (χ3v) is 3.30. The number of hydrogen-bond acceptors (Lipinski definition) is 3.